The number of halogens is 3. The van der Waals surface area contributed by atoms with Gasteiger partial charge in [-0.25, -0.2) is 0 Å². The lowest BCUT2D eigenvalue weighted by Gasteiger charge is -2.32. The van der Waals surface area contributed by atoms with E-state index >= 15 is 0 Å². The molecule has 0 radical (unpaired) electrons. The Labute approximate surface area is 89.6 Å². The topological polar surface area (TPSA) is 29.3 Å². The van der Waals surface area contributed by atoms with Gasteiger partial charge in [-0.05, 0) is 32.5 Å². The van der Waals surface area contributed by atoms with E-state index in [0.29, 0.717) is 13.1 Å². The standard InChI is InChI=1S/C10H21F3N2/c1-3-5-8-15(4-2)9(6-7-14)10(11,12)13/h9H,3-8,14H2,1-2H3. The molecular formula is C10H21F3N2. The van der Waals surface area contributed by atoms with Crippen molar-refractivity contribution in [2.75, 3.05) is 19.6 Å². The fraction of sp³-hybridized carbons (Fsp3) is 1.00. The van der Waals surface area contributed by atoms with Gasteiger partial charge in [-0.2, -0.15) is 13.2 Å². The van der Waals surface area contributed by atoms with Crippen molar-refractivity contribution >= 4 is 0 Å². The maximum absolute atomic E-state index is 12.7. The first-order valence-corrected chi connectivity index (χ1v) is 5.48. The van der Waals surface area contributed by atoms with Gasteiger partial charge in [0.05, 0.1) is 0 Å². The summed E-state index contributed by atoms with van der Waals surface area (Å²) >= 11 is 0. The van der Waals surface area contributed by atoms with Crippen LogP contribution >= 0.6 is 0 Å². The summed E-state index contributed by atoms with van der Waals surface area (Å²) in [5, 5.41) is 0. The quantitative estimate of drug-likeness (QED) is 0.722. The molecule has 0 rings (SSSR count). The summed E-state index contributed by atoms with van der Waals surface area (Å²) in [7, 11) is 0. The van der Waals surface area contributed by atoms with E-state index in [1.165, 1.54) is 4.90 Å². The molecule has 0 aromatic heterocycles. The first kappa shape index (κ1) is 14.7. The fourth-order valence-electron chi connectivity index (χ4n) is 1.61. The van der Waals surface area contributed by atoms with Crippen molar-refractivity contribution in [2.24, 2.45) is 5.73 Å². The maximum atomic E-state index is 12.7. The number of nitrogens with zero attached hydrogens (tertiary/aromatic N) is 1. The molecule has 0 fully saturated rings. The average Bonchev–Trinajstić information content (AvgIpc) is 2.15. The van der Waals surface area contributed by atoms with Crippen molar-refractivity contribution in [3.63, 3.8) is 0 Å². The van der Waals surface area contributed by atoms with Gasteiger partial charge < -0.3 is 5.73 Å². The van der Waals surface area contributed by atoms with Crippen LogP contribution < -0.4 is 5.73 Å². The van der Waals surface area contributed by atoms with Gasteiger partial charge in [-0.15, -0.1) is 0 Å². The van der Waals surface area contributed by atoms with E-state index in [2.05, 4.69) is 0 Å². The molecule has 2 N–H and O–H groups in total. The Kier molecular flexibility index (Phi) is 6.92. The molecule has 0 saturated heterocycles. The van der Waals surface area contributed by atoms with Crippen molar-refractivity contribution in [3.05, 3.63) is 0 Å². The summed E-state index contributed by atoms with van der Waals surface area (Å²) < 4.78 is 38.0. The van der Waals surface area contributed by atoms with Crippen LogP contribution in [0.25, 0.3) is 0 Å². The van der Waals surface area contributed by atoms with Gasteiger partial charge in [0.1, 0.15) is 6.04 Å². The summed E-state index contributed by atoms with van der Waals surface area (Å²) in [6, 6.07) is -1.38. The molecule has 0 aromatic carbocycles. The van der Waals surface area contributed by atoms with Gasteiger partial charge in [0, 0.05) is 0 Å². The van der Waals surface area contributed by atoms with E-state index in [0.717, 1.165) is 12.8 Å². The van der Waals surface area contributed by atoms with Crippen molar-refractivity contribution in [3.8, 4) is 0 Å². The second-order valence-corrected chi connectivity index (χ2v) is 3.62. The molecule has 0 aliphatic carbocycles. The SMILES string of the molecule is CCCCN(CC)C(CCN)C(F)(F)F. The Bertz CT molecular complexity index is 159. The zero-order valence-electron chi connectivity index (χ0n) is 9.48. The number of unbranched alkanes of at least 4 members (excludes halogenated alkanes) is 1. The van der Waals surface area contributed by atoms with Gasteiger partial charge in [0.2, 0.25) is 0 Å². The molecule has 0 saturated carbocycles. The lowest BCUT2D eigenvalue weighted by atomic mass is 10.1. The van der Waals surface area contributed by atoms with E-state index in [9.17, 15) is 13.2 Å². The highest BCUT2D eigenvalue weighted by atomic mass is 19.4. The molecule has 0 bridgehead atoms. The Hall–Kier alpha value is -0.290. The van der Waals surface area contributed by atoms with Gasteiger partial charge >= 0.3 is 6.18 Å². The number of rotatable bonds is 7. The predicted octanol–water partition coefficient (Wildman–Crippen LogP) is 2.39. The van der Waals surface area contributed by atoms with Crippen molar-refractivity contribution in [2.45, 2.75) is 45.3 Å². The van der Waals surface area contributed by atoms with Crippen molar-refractivity contribution in [1.29, 1.82) is 0 Å². The van der Waals surface area contributed by atoms with Gasteiger partial charge in [-0.3, -0.25) is 4.90 Å². The van der Waals surface area contributed by atoms with Crippen molar-refractivity contribution < 1.29 is 13.2 Å². The molecule has 1 unspecified atom stereocenters. The lowest BCUT2D eigenvalue weighted by molar-refractivity contribution is -0.184. The van der Waals surface area contributed by atoms with Crippen LogP contribution in [0.1, 0.15) is 33.1 Å². The molecule has 5 heteroatoms. The van der Waals surface area contributed by atoms with E-state index in [4.69, 9.17) is 5.73 Å². The molecule has 15 heavy (non-hydrogen) atoms. The van der Waals surface area contributed by atoms with E-state index in [1.54, 1.807) is 6.92 Å². The highest BCUT2D eigenvalue weighted by Gasteiger charge is 2.41. The largest absolute Gasteiger partial charge is 0.404 e. The van der Waals surface area contributed by atoms with Crippen LogP contribution in [0.4, 0.5) is 13.2 Å². The minimum absolute atomic E-state index is 0.0128. The monoisotopic (exact) mass is 226 g/mol. The van der Waals surface area contributed by atoms with Crippen LogP contribution in [0.15, 0.2) is 0 Å². The van der Waals surface area contributed by atoms with Gasteiger partial charge in [0.25, 0.3) is 0 Å². The summed E-state index contributed by atoms with van der Waals surface area (Å²) in [4.78, 5) is 1.47. The number of nitrogens with two attached hydrogens (primary N) is 1. The molecule has 0 aliphatic heterocycles. The second-order valence-electron chi connectivity index (χ2n) is 3.62. The summed E-state index contributed by atoms with van der Waals surface area (Å²) in [5.41, 5.74) is 5.22. The average molecular weight is 226 g/mol. The van der Waals surface area contributed by atoms with Crippen LogP contribution in [0.2, 0.25) is 0 Å². The molecule has 0 spiro atoms. The molecular weight excluding hydrogens is 205 g/mol. The van der Waals surface area contributed by atoms with Crippen LogP contribution in [-0.2, 0) is 0 Å². The number of hydrogen-bond donors (Lipinski definition) is 1. The number of hydrogen-bond acceptors (Lipinski definition) is 2. The Morgan fingerprint density at radius 2 is 1.87 bits per heavy atom. The molecule has 2 nitrogen and oxygen atoms in total. The Morgan fingerprint density at radius 3 is 2.20 bits per heavy atom. The predicted molar refractivity (Wildman–Crippen MR) is 55.7 cm³/mol. The number of alkyl halides is 3. The maximum Gasteiger partial charge on any atom is 0.404 e. The molecule has 0 aromatic rings. The van der Waals surface area contributed by atoms with Gasteiger partial charge in [0.15, 0.2) is 0 Å². The molecule has 92 valence electrons. The van der Waals surface area contributed by atoms with Crippen LogP contribution in [0.3, 0.4) is 0 Å². The van der Waals surface area contributed by atoms with Crippen LogP contribution in [-0.4, -0.2) is 36.8 Å². The zero-order valence-corrected chi connectivity index (χ0v) is 9.48. The highest BCUT2D eigenvalue weighted by Crippen LogP contribution is 2.27. The molecule has 0 amide bonds. The highest BCUT2D eigenvalue weighted by molar-refractivity contribution is 4.78. The molecule has 1 atom stereocenters. The third kappa shape index (κ3) is 5.37. The summed E-state index contributed by atoms with van der Waals surface area (Å²) in [6.45, 7) is 4.72. The molecule has 0 heterocycles. The fourth-order valence-corrected chi connectivity index (χ4v) is 1.61. The third-order valence-electron chi connectivity index (χ3n) is 2.46. The summed E-state index contributed by atoms with van der Waals surface area (Å²) in [5.74, 6) is 0. The minimum atomic E-state index is -4.16. The summed E-state index contributed by atoms with van der Waals surface area (Å²) in [6.07, 6.45) is -2.47. The smallest absolute Gasteiger partial charge is 0.330 e. The Balaban J connectivity index is 4.40. The Morgan fingerprint density at radius 1 is 1.27 bits per heavy atom. The normalized spacial score (nSPS) is 14.6. The van der Waals surface area contributed by atoms with Crippen LogP contribution in [0.5, 0.6) is 0 Å². The zero-order chi connectivity index (χ0) is 11.9. The molecule has 0 aliphatic rings. The van der Waals surface area contributed by atoms with Crippen molar-refractivity contribution in [1.82, 2.24) is 4.90 Å². The second kappa shape index (κ2) is 7.06. The van der Waals surface area contributed by atoms with Gasteiger partial charge in [-0.1, -0.05) is 20.3 Å². The first-order chi connectivity index (χ1) is 6.97. The van der Waals surface area contributed by atoms with E-state index in [-0.39, 0.29) is 13.0 Å². The third-order valence-corrected chi connectivity index (χ3v) is 2.46. The minimum Gasteiger partial charge on any atom is -0.330 e. The van der Waals surface area contributed by atoms with Crippen LogP contribution in [0, 0.1) is 0 Å². The van der Waals surface area contributed by atoms with E-state index in [1.807, 2.05) is 6.92 Å². The van der Waals surface area contributed by atoms with E-state index < -0.39 is 12.2 Å². The first-order valence-electron chi connectivity index (χ1n) is 5.48. The lowest BCUT2D eigenvalue weighted by Crippen LogP contribution is -2.47.